The van der Waals surface area contributed by atoms with E-state index in [1.54, 1.807) is 19.1 Å². The van der Waals surface area contributed by atoms with Gasteiger partial charge >= 0.3 is 6.09 Å². The number of hydrogen-bond donors (Lipinski definition) is 1. The monoisotopic (exact) mass is 533 g/mol. The number of amides is 2. The molecule has 1 aromatic rings. The molecule has 1 aromatic carbocycles. The first-order valence-corrected chi connectivity index (χ1v) is 14.1. The van der Waals surface area contributed by atoms with E-state index in [1.165, 1.54) is 0 Å². The maximum Gasteiger partial charge on any atom is 0.409 e. The number of methoxy groups -OCH3 is 1. The maximum absolute atomic E-state index is 13.7. The van der Waals surface area contributed by atoms with Gasteiger partial charge in [0, 0.05) is 71.6 Å². The molecule has 2 fully saturated rings. The van der Waals surface area contributed by atoms with Crippen LogP contribution in [0.25, 0.3) is 0 Å². The molecule has 38 heavy (non-hydrogen) atoms. The van der Waals surface area contributed by atoms with Crippen LogP contribution in [-0.2, 0) is 20.6 Å². The number of hydrogen-bond acceptors (Lipinski definition) is 7. The highest BCUT2D eigenvalue weighted by molar-refractivity contribution is 5.95. The molecule has 9 heteroatoms. The Bertz CT molecular complexity index is 889. The molecule has 0 radical (unpaired) electrons. The number of ether oxygens (including phenoxy) is 4. The van der Waals surface area contributed by atoms with E-state index in [4.69, 9.17) is 18.9 Å². The first-order chi connectivity index (χ1) is 18.3. The van der Waals surface area contributed by atoms with Crippen molar-refractivity contribution in [3.8, 4) is 5.75 Å². The zero-order chi connectivity index (χ0) is 27.5. The van der Waals surface area contributed by atoms with E-state index in [9.17, 15) is 9.59 Å². The van der Waals surface area contributed by atoms with Gasteiger partial charge in [-0.15, -0.1) is 0 Å². The fourth-order valence-electron chi connectivity index (χ4n) is 5.14. The molecule has 2 heterocycles. The van der Waals surface area contributed by atoms with E-state index >= 15 is 0 Å². The average Bonchev–Trinajstić information content (AvgIpc) is 3.59. The molecular weight excluding hydrogens is 486 g/mol. The van der Waals surface area contributed by atoms with Gasteiger partial charge < -0.3 is 34.1 Å². The third kappa shape index (κ3) is 8.58. The first-order valence-electron chi connectivity index (χ1n) is 14.1. The lowest BCUT2D eigenvalue weighted by Gasteiger charge is -2.32. The van der Waals surface area contributed by atoms with Gasteiger partial charge in [0.2, 0.25) is 0 Å². The van der Waals surface area contributed by atoms with Crippen molar-refractivity contribution in [2.45, 2.75) is 58.6 Å². The van der Waals surface area contributed by atoms with Gasteiger partial charge in [0.15, 0.2) is 0 Å². The summed E-state index contributed by atoms with van der Waals surface area (Å²) in [5.74, 6) is 1.22. The van der Waals surface area contributed by atoms with Crippen LogP contribution in [0.15, 0.2) is 18.2 Å². The molecule has 0 saturated carbocycles. The van der Waals surface area contributed by atoms with Crippen LogP contribution in [0.5, 0.6) is 5.75 Å². The summed E-state index contributed by atoms with van der Waals surface area (Å²) in [4.78, 5) is 29.8. The number of nitrogens with one attached hydrogen (secondary N) is 1. The van der Waals surface area contributed by atoms with Crippen molar-refractivity contribution in [3.63, 3.8) is 0 Å². The summed E-state index contributed by atoms with van der Waals surface area (Å²) in [5.41, 5.74) is 1.72. The normalized spacial score (nSPS) is 21.1. The Balaban J connectivity index is 1.61. The maximum atomic E-state index is 13.7. The van der Waals surface area contributed by atoms with Gasteiger partial charge in [-0.1, -0.05) is 13.0 Å². The van der Waals surface area contributed by atoms with Crippen LogP contribution in [0, 0.1) is 11.8 Å². The fraction of sp³-hybridized carbons (Fsp3) is 0.724. The molecule has 9 nitrogen and oxygen atoms in total. The molecule has 0 aliphatic carbocycles. The van der Waals surface area contributed by atoms with Crippen LogP contribution in [0.1, 0.15) is 56.0 Å². The third-order valence-electron chi connectivity index (χ3n) is 7.48. The molecule has 2 saturated heterocycles. The molecule has 2 aliphatic heterocycles. The number of rotatable bonds is 14. The SMILES string of the molecule is CCc1ccc(C(=O)N(C[C@@H]2CNC[C@H]2CN(C)C(=O)OC[C@H]2CCCO2)C(C)C)cc1OCCCOC. The van der Waals surface area contributed by atoms with Gasteiger partial charge in [0.25, 0.3) is 5.91 Å². The minimum Gasteiger partial charge on any atom is -0.493 e. The number of benzene rings is 1. The summed E-state index contributed by atoms with van der Waals surface area (Å²) in [6.45, 7) is 11.2. The van der Waals surface area contributed by atoms with E-state index in [1.807, 2.05) is 36.9 Å². The summed E-state index contributed by atoms with van der Waals surface area (Å²) in [7, 11) is 3.46. The lowest BCUT2D eigenvalue weighted by atomic mass is 9.94. The lowest BCUT2D eigenvalue weighted by Crippen LogP contribution is -2.44. The molecule has 0 unspecified atom stereocenters. The predicted molar refractivity (Wildman–Crippen MR) is 147 cm³/mol. The van der Waals surface area contributed by atoms with Crippen LogP contribution < -0.4 is 10.1 Å². The Hall–Kier alpha value is -2.36. The van der Waals surface area contributed by atoms with Crippen molar-refractivity contribution in [1.82, 2.24) is 15.1 Å². The Morgan fingerprint density at radius 1 is 1.16 bits per heavy atom. The van der Waals surface area contributed by atoms with Crippen LogP contribution >= 0.6 is 0 Å². The summed E-state index contributed by atoms with van der Waals surface area (Å²) >= 11 is 0. The molecule has 0 aromatic heterocycles. The Labute approximate surface area is 228 Å². The van der Waals surface area contributed by atoms with E-state index in [-0.39, 0.29) is 36.0 Å². The van der Waals surface area contributed by atoms with E-state index in [0.717, 1.165) is 56.7 Å². The van der Waals surface area contributed by atoms with Crippen molar-refractivity contribution in [2.75, 3.05) is 66.8 Å². The number of nitrogens with zero attached hydrogens (tertiary/aromatic N) is 2. The molecule has 0 spiro atoms. The topological polar surface area (TPSA) is 89.6 Å². The van der Waals surface area contributed by atoms with Gasteiger partial charge in [0.05, 0.1) is 12.7 Å². The van der Waals surface area contributed by atoms with E-state index in [2.05, 4.69) is 12.2 Å². The van der Waals surface area contributed by atoms with Crippen molar-refractivity contribution in [2.24, 2.45) is 11.8 Å². The highest BCUT2D eigenvalue weighted by atomic mass is 16.6. The molecule has 3 rings (SSSR count). The molecule has 1 N–H and O–H groups in total. The van der Waals surface area contributed by atoms with Crippen molar-refractivity contribution >= 4 is 12.0 Å². The average molecular weight is 534 g/mol. The van der Waals surface area contributed by atoms with E-state index in [0.29, 0.717) is 38.5 Å². The molecular formula is C29H47N3O6. The highest BCUT2D eigenvalue weighted by Gasteiger charge is 2.33. The minimum absolute atomic E-state index is 0.000581. The summed E-state index contributed by atoms with van der Waals surface area (Å²) < 4.78 is 22.2. The van der Waals surface area contributed by atoms with Crippen molar-refractivity contribution in [1.29, 1.82) is 0 Å². The minimum atomic E-state index is -0.322. The van der Waals surface area contributed by atoms with E-state index < -0.39 is 0 Å². The lowest BCUT2D eigenvalue weighted by molar-refractivity contribution is 0.0303. The van der Waals surface area contributed by atoms with Gasteiger partial charge in [-0.25, -0.2) is 4.79 Å². The molecule has 0 bridgehead atoms. The van der Waals surface area contributed by atoms with Crippen LogP contribution in [0.4, 0.5) is 4.79 Å². The van der Waals surface area contributed by atoms with Gasteiger partial charge in [-0.2, -0.15) is 0 Å². The molecule has 2 aliphatic rings. The highest BCUT2D eigenvalue weighted by Crippen LogP contribution is 2.25. The summed E-state index contributed by atoms with van der Waals surface area (Å²) in [6.07, 6.45) is 3.28. The number of carbonyl (C=O) groups excluding carboxylic acids is 2. The van der Waals surface area contributed by atoms with Crippen LogP contribution in [0.2, 0.25) is 0 Å². The quantitative estimate of drug-likeness (QED) is 0.366. The van der Waals surface area contributed by atoms with Crippen LogP contribution in [-0.4, -0.2) is 101 Å². The Morgan fingerprint density at radius 2 is 1.92 bits per heavy atom. The van der Waals surface area contributed by atoms with Gasteiger partial charge in [-0.3, -0.25) is 4.79 Å². The Morgan fingerprint density at radius 3 is 2.58 bits per heavy atom. The third-order valence-corrected chi connectivity index (χ3v) is 7.48. The van der Waals surface area contributed by atoms with Gasteiger partial charge in [0.1, 0.15) is 12.4 Å². The van der Waals surface area contributed by atoms with Crippen molar-refractivity contribution < 1.29 is 28.5 Å². The number of carbonyl (C=O) groups is 2. The summed E-state index contributed by atoms with van der Waals surface area (Å²) in [6, 6.07) is 5.82. The standard InChI is InChI=1S/C29H47N3O6/c1-6-22-10-11-23(15-27(22)37-14-8-12-35-5)28(33)32(21(2)3)19-25-17-30-16-24(25)18-31(4)29(34)38-20-26-9-7-13-36-26/h10-11,15,21,24-26,30H,6-9,12-14,16-20H2,1-5H3/t24-,25-,26+/m0/s1. The number of aryl methyl sites for hydroxylation is 1. The van der Waals surface area contributed by atoms with Crippen molar-refractivity contribution in [3.05, 3.63) is 29.3 Å². The smallest absolute Gasteiger partial charge is 0.409 e. The summed E-state index contributed by atoms with van der Waals surface area (Å²) in [5, 5.41) is 3.46. The predicted octanol–water partition coefficient (Wildman–Crippen LogP) is 3.60. The zero-order valence-corrected chi connectivity index (χ0v) is 23.9. The second kappa shape index (κ2) is 15.3. The van der Waals surface area contributed by atoms with Crippen LogP contribution in [0.3, 0.4) is 0 Å². The second-order valence-corrected chi connectivity index (χ2v) is 10.7. The van der Waals surface area contributed by atoms with Gasteiger partial charge in [-0.05, 0) is 62.6 Å². The Kier molecular flexibility index (Phi) is 12.1. The zero-order valence-electron chi connectivity index (χ0n) is 23.9. The first kappa shape index (κ1) is 30.2. The molecule has 3 atom stereocenters. The largest absolute Gasteiger partial charge is 0.493 e. The molecule has 2 amide bonds. The molecule has 214 valence electrons. The second-order valence-electron chi connectivity index (χ2n) is 10.7. The fourth-order valence-corrected chi connectivity index (χ4v) is 5.14.